The van der Waals surface area contributed by atoms with Crippen molar-refractivity contribution in [1.82, 2.24) is 5.32 Å². The van der Waals surface area contributed by atoms with E-state index in [1.165, 1.54) is 116 Å². The Morgan fingerprint density at radius 2 is 0.966 bits per heavy atom. The van der Waals surface area contributed by atoms with Gasteiger partial charge in [0.25, 0.3) is 0 Å². The summed E-state index contributed by atoms with van der Waals surface area (Å²) in [5.74, 6) is -0.629. The van der Waals surface area contributed by atoms with Gasteiger partial charge in [0.1, 0.15) is 6.10 Å². The first-order chi connectivity index (χ1) is 28.5. The van der Waals surface area contributed by atoms with Gasteiger partial charge in [-0.1, -0.05) is 229 Å². The van der Waals surface area contributed by atoms with Gasteiger partial charge >= 0.3 is 5.97 Å². The van der Waals surface area contributed by atoms with Crippen molar-refractivity contribution in [3.05, 3.63) is 72.9 Å². The van der Waals surface area contributed by atoms with Gasteiger partial charge in [-0.3, -0.25) is 9.59 Å². The number of ether oxygens (including phenoxy) is 1. The number of amides is 1. The number of unbranched alkanes of at least 4 members (excludes halogenated alkanes) is 23. The second-order valence-corrected chi connectivity index (χ2v) is 16.3. The first-order valence-electron chi connectivity index (χ1n) is 24.2. The van der Waals surface area contributed by atoms with Crippen molar-refractivity contribution < 1.29 is 24.5 Å². The van der Waals surface area contributed by atoms with E-state index in [0.717, 1.165) is 57.8 Å². The summed E-state index contributed by atoms with van der Waals surface area (Å²) in [6.07, 6.45) is 57.0. The summed E-state index contributed by atoms with van der Waals surface area (Å²) >= 11 is 0. The van der Waals surface area contributed by atoms with E-state index in [2.05, 4.69) is 44.3 Å². The zero-order valence-electron chi connectivity index (χ0n) is 37.9. The van der Waals surface area contributed by atoms with Crippen LogP contribution < -0.4 is 5.32 Å². The summed E-state index contributed by atoms with van der Waals surface area (Å²) in [5.41, 5.74) is 0. The maximum absolute atomic E-state index is 13.1. The molecule has 0 saturated carbocycles. The first-order valence-corrected chi connectivity index (χ1v) is 24.2. The Kier molecular flexibility index (Phi) is 43.3. The van der Waals surface area contributed by atoms with Crippen LogP contribution in [0.2, 0.25) is 0 Å². The first kappa shape index (κ1) is 55.3. The summed E-state index contributed by atoms with van der Waals surface area (Å²) in [7, 11) is 0. The molecule has 0 aromatic heterocycles. The van der Waals surface area contributed by atoms with Crippen molar-refractivity contribution in [2.24, 2.45) is 0 Å². The van der Waals surface area contributed by atoms with Crippen LogP contribution in [-0.2, 0) is 14.3 Å². The van der Waals surface area contributed by atoms with Crippen LogP contribution in [0, 0.1) is 0 Å². The number of carbonyl (C=O) groups excluding carboxylic acids is 2. The lowest BCUT2D eigenvalue weighted by Gasteiger charge is -2.24. The topological polar surface area (TPSA) is 95.9 Å². The predicted molar refractivity (Wildman–Crippen MR) is 250 cm³/mol. The minimum absolute atomic E-state index is 0.0264. The molecule has 0 rings (SSSR count). The minimum atomic E-state index is -0.821. The largest absolute Gasteiger partial charge is 0.461 e. The molecule has 3 unspecified atom stereocenters. The second-order valence-electron chi connectivity index (χ2n) is 16.3. The average molecular weight is 810 g/mol. The minimum Gasteiger partial charge on any atom is -0.461 e. The van der Waals surface area contributed by atoms with E-state index < -0.39 is 18.2 Å². The van der Waals surface area contributed by atoms with Crippen LogP contribution in [0.15, 0.2) is 72.9 Å². The normalized spacial score (nSPS) is 13.9. The van der Waals surface area contributed by atoms with E-state index in [1.54, 1.807) is 0 Å². The monoisotopic (exact) mass is 810 g/mol. The fourth-order valence-electron chi connectivity index (χ4n) is 6.97. The van der Waals surface area contributed by atoms with Crippen molar-refractivity contribution >= 4 is 11.9 Å². The molecular weight excluding hydrogens is 719 g/mol. The highest BCUT2D eigenvalue weighted by Crippen LogP contribution is 2.16. The summed E-state index contributed by atoms with van der Waals surface area (Å²) in [6, 6.07) is -0.743. The van der Waals surface area contributed by atoms with Gasteiger partial charge in [-0.2, -0.15) is 0 Å². The summed E-state index contributed by atoms with van der Waals surface area (Å²) in [5, 5.41) is 23.6. The number of carbonyl (C=O) groups is 2. The number of rotatable bonds is 42. The van der Waals surface area contributed by atoms with Crippen LogP contribution >= 0.6 is 0 Å². The summed E-state index contributed by atoms with van der Waals surface area (Å²) in [4.78, 5) is 26.0. The van der Waals surface area contributed by atoms with Gasteiger partial charge < -0.3 is 20.3 Å². The molecule has 3 N–H and O–H groups in total. The molecule has 0 heterocycles. The van der Waals surface area contributed by atoms with Crippen LogP contribution in [0.25, 0.3) is 0 Å². The summed E-state index contributed by atoms with van der Waals surface area (Å²) in [6.45, 7) is 6.28. The molecule has 0 aliphatic carbocycles. The van der Waals surface area contributed by atoms with Crippen LogP contribution in [-0.4, -0.2) is 46.9 Å². The second kappa shape index (κ2) is 45.4. The number of hydrogen-bond donors (Lipinski definition) is 3. The molecule has 0 aliphatic rings. The highest BCUT2D eigenvalue weighted by Gasteiger charge is 2.23. The summed E-state index contributed by atoms with van der Waals surface area (Å²) < 4.78 is 5.82. The van der Waals surface area contributed by atoms with Crippen LogP contribution in [0.3, 0.4) is 0 Å². The number of nitrogens with one attached hydrogen (secondary N) is 1. The quantitative estimate of drug-likeness (QED) is 0.0247. The lowest BCUT2D eigenvalue weighted by atomic mass is 10.0. The zero-order chi connectivity index (χ0) is 42.4. The van der Waals surface area contributed by atoms with E-state index in [4.69, 9.17) is 4.74 Å². The van der Waals surface area contributed by atoms with E-state index in [9.17, 15) is 19.8 Å². The predicted octanol–water partition coefficient (Wildman–Crippen LogP) is 14.2. The molecule has 6 heteroatoms. The fourth-order valence-corrected chi connectivity index (χ4v) is 6.97. The Morgan fingerprint density at radius 3 is 1.45 bits per heavy atom. The zero-order valence-corrected chi connectivity index (χ0v) is 37.9. The molecule has 58 heavy (non-hydrogen) atoms. The maximum atomic E-state index is 13.1. The number of hydrogen-bond acceptors (Lipinski definition) is 5. The van der Waals surface area contributed by atoms with E-state index in [-0.39, 0.29) is 24.9 Å². The number of aliphatic hydroxyl groups is 2. The van der Waals surface area contributed by atoms with Crippen molar-refractivity contribution in [2.45, 2.75) is 238 Å². The van der Waals surface area contributed by atoms with Gasteiger partial charge in [-0.05, 0) is 44.9 Å². The molecule has 0 aliphatic heterocycles. The number of esters is 1. The third-order valence-electron chi connectivity index (χ3n) is 10.6. The van der Waals surface area contributed by atoms with Gasteiger partial charge in [0.05, 0.1) is 25.2 Å². The lowest BCUT2D eigenvalue weighted by Crippen LogP contribution is -2.46. The molecule has 0 aromatic rings. The average Bonchev–Trinajstić information content (AvgIpc) is 3.22. The van der Waals surface area contributed by atoms with Gasteiger partial charge in [-0.15, -0.1) is 0 Å². The Hall–Kier alpha value is -2.70. The molecule has 0 spiro atoms. The third-order valence-corrected chi connectivity index (χ3v) is 10.6. The standard InChI is InChI=1S/C52H91NO5/c1-4-7-10-13-16-19-22-24-26-29-32-35-38-41-44-50(55)49(47-54)53-51(56)46-48(43-40-37-34-31-28-21-18-15-12-9-6-3)58-52(57)45-42-39-36-33-30-27-25-23-20-17-14-11-8-5-2/h9,12,15,18,21,27-28,30-31,34,37,40,48-50,54-55H,4-8,10-11,13-14,16-17,19-20,22-26,29,32-33,35-36,38-39,41-47H2,1-3H3,(H,53,56)/b12-9+,18-15+,28-21-,30-27-,34-31-,40-37+. The Labute approximate surface area is 358 Å². The molecule has 6 nitrogen and oxygen atoms in total. The van der Waals surface area contributed by atoms with Crippen LogP contribution in [0.5, 0.6) is 0 Å². The third kappa shape index (κ3) is 40.1. The smallest absolute Gasteiger partial charge is 0.306 e. The molecule has 0 bridgehead atoms. The van der Waals surface area contributed by atoms with Crippen molar-refractivity contribution in [1.29, 1.82) is 0 Å². The van der Waals surface area contributed by atoms with Crippen molar-refractivity contribution in [3.8, 4) is 0 Å². The highest BCUT2D eigenvalue weighted by atomic mass is 16.5. The van der Waals surface area contributed by atoms with E-state index in [0.29, 0.717) is 19.3 Å². The fraction of sp³-hybridized carbons (Fsp3) is 0.731. The molecule has 0 radical (unpaired) electrons. The molecule has 0 aromatic carbocycles. The molecule has 1 amide bonds. The molecular formula is C52H91NO5. The number of aliphatic hydroxyl groups excluding tert-OH is 2. The SMILES string of the molecule is CC/C=C/C=C/C=C\C=C/C=C/CC(CC(=O)NC(CO)C(O)CCCCCCCCCCCCCCCC)OC(=O)CCCCC/C=C\CCCCCCCCC. The van der Waals surface area contributed by atoms with E-state index >= 15 is 0 Å². The Balaban J connectivity index is 4.69. The molecule has 334 valence electrons. The molecule has 0 saturated heterocycles. The number of allylic oxidation sites excluding steroid dienone is 11. The molecule has 3 atom stereocenters. The van der Waals surface area contributed by atoms with Gasteiger partial charge in [0.2, 0.25) is 5.91 Å². The van der Waals surface area contributed by atoms with Crippen molar-refractivity contribution in [3.63, 3.8) is 0 Å². The highest BCUT2D eigenvalue weighted by molar-refractivity contribution is 5.77. The van der Waals surface area contributed by atoms with E-state index in [1.807, 2.05) is 54.7 Å². The van der Waals surface area contributed by atoms with Crippen LogP contribution in [0.1, 0.15) is 220 Å². The van der Waals surface area contributed by atoms with Gasteiger partial charge in [0, 0.05) is 12.8 Å². The Morgan fingerprint density at radius 1 is 0.534 bits per heavy atom. The van der Waals surface area contributed by atoms with Crippen molar-refractivity contribution in [2.75, 3.05) is 6.61 Å². The maximum Gasteiger partial charge on any atom is 0.306 e. The van der Waals surface area contributed by atoms with Gasteiger partial charge in [-0.25, -0.2) is 0 Å². The Bertz CT molecular complexity index is 1090. The lowest BCUT2D eigenvalue weighted by molar-refractivity contribution is -0.150. The van der Waals surface area contributed by atoms with Crippen LogP contribution in [0.4, 0.5) is 0 Å². The molecule has 0 fully saturated rings. The van der Waals surface area contributed by atoms with Gasteiger partial charge in [0.15, 0.2) is 0 Å².